The number of anilines is 1. The van der Waals surface area contributed by atoms with Crippen molar-refractivity contribution in [2.24, 2.45) is 5.92 Å². The third kappa shape index (κ3) is 3.23. The second-order valence-electron chi connectivity index (χ2n) is 7.63. The highest BCUT2D eigenvalue weighted by molar-refractivity contribution is 5.72. The number of ether oxygens (including phenoxy) is 2. The van der Waals surface area contributed by atoms with Crippen molar-refractivity contribution in [3.8, 4) is 0 Å². The molecular formula is C19H25N3O5. The maximum atomic E-state index is 11.8. The summed E-state index contributed by atoms with van der Waals surface area (Å²) >= 11 is 0. The number of rotatable bonds is 4. The average Bonchev–Trinajstić information content (AvgIpc) is 3.03. The van der Waals surface area contributed by atoms with E-state index < -0.39 is 6.41 Å². The Hall–Kier alpha value is -2.32. The van der Waals surface area contributed by atoms with Crippen molar-refractivity contribution in [2.75, 3.05) is 38.2 Å². The van der Waals surface area contributed by atoms with E-state index in [0.29, 0.717) is 25.6 Å². The molecule has 1 saturated carbocycles. The zero-order valence-electron chi connectivity index (χ0n) is 15.6. The molecule has 0 radical (unpaired) electrons. The van der Waals surface area contributed by atoms with E-state index in [1.165, 1.54) is 19.6 Å². The van der Waals surface area contributed by atoms with Gasteiger partial charge in [-0.15, -0.1) is 0 Å². The number of aliphatic hydroxyl groups excluding tert-OH is 1. The SMILES string of the molecule is COC(=O)N1C[C@H]2C[C@@]2(c2ccc(N3C[C@H](CNC(C)=O)OC3O)cc2)C1. The van der Waals surface area contributed by atoms with Crippen LogP contribution in [0.3, 0.4) is 0 Å². The van der Waals surface area contributed by atoms with Crippen LogP contribution in [0.2, 0.25) is 0 Å². The van der Waals surface area contributed by atoms with Gasteiger partial charge >= 0.3 is 6.09 Å². The summed E-state index contributed by atoms with van der Waals surface area (Å²) in [5, 5.41) is 12.9. The van der Waals surface area contributed by atoms with Gasteiger partial charge in [-0.3, -0.25) is 4.79 Å². The standard InChI is InChI=1S/C19H25N3O5/c1-12(23)20-8-16-10-22(18(25)27-16)15-5-3-13(4-6-15)19-7-14(19)9-21(11-19)17(24)26-2/h3-6,14,16,18,25H,7-11H2,1-2H3,(H,20,23)/t14-,16+,18?,19+/m1/s1. The molecule has 8 nitrogen and oxygen atoms in total. The molecule has 1 aliphatic carbocycles. The van der Waals surface area contributed by atoms with Gasteiger partial charge in [0.25, 0.3) is 0 Å². The third-order valence-electron chi connectivity index (χ3n) is 5.91. The molecular weight excluding hydrogens is 350 g/mol. The van der Waals surface area contributed by atoms with Crippen LogP contribution in [0.5, 0.6) is 0 Å². The van der Waals surface area contributed by atoms with Crippen LogP contribution in [0.15, 0.2) is 24.3 Å². The van der Waals surface area contributed by atoms with Crippen LogP contribution in [0, 0.1) is 5.92 Å². The minimum Gasteiger partial charge on any atom is -0.453 e. The number of amides is 2. The van der Waals surface area contributed by atoms with Crippen LogP contribution in [0.4, 0.5) is 10.5 Å². The first kappa shape index (κ1) is 18.1. The molecule has 4 rings (SSSR count). The summed E-state index contributed by atoms with van der Waals surface area (Å²) in [5.74, 6) is 0.372. The highest BCUT2D eigenvalue weighted by Crippen LogP contribution is 2.59. The lowest BCUT2D eigenvalue weighted by Gasteiger charge is -2.22. The highest BCUT2D eigenvalue weighted by atomic mass is 16.6. The summed E-state index contributed by atoms with van der Waals surface area (Å²) in [6.07, 6.45) is -0.449. The monoisotopic (exact) mass is 375 g/mol. The predicted molar refractivity (Wildman–Crippen MR) is 97.1 cm³/mol. The van der Waals surface area contributed by atoms with Crippen LogP contribution >= 0.6 is 0 Å². The molecule has 2 N–H and O–H groups in total. The number of nitrogens with one attached hydrogen (secondary N) is 1. The second-order valence-corrected chi connectivity index (χ2v) is 7.63. The van der Waals surface area contributed by atoms with E-state index in [4.69, 9.17) is 9.47 Å². The van der Waals surface area contributed by atoms with E-state index >= 15 is 0 Å². The van der Waals surface area contributed by atoms with Gasteiger partial charge in [0.05, 0.1) is 19.8 Å². The average molecular weight is 375 g/mol. The molecule has 2 saturated heterocycles. The Labute approximate surface area is 158 Å². The zero-order valence-corrected chi connectivity index (χ0v) is 15.6. The lowest BCUT2D eigenvalue weighted by Crippen LogP contribution is -2.33. The molecule has 0 bridgehead atoms. The molecule has 2 amide bonds. The van der Waals surface area contributed by atoms with Crippen molar-refractivity contribution >= 4 is 17.7 Å². The third-order valence-corrected chi connectivity index (χ3v) is 5.91. The molecule has 146 valence electrons. The van der Waals surface area contributed by atoms with Crippen LogP contribution < -0.4 is 10.2 Å². The fourth-order valence-corrected chi connectivity index (χ4v) is 4.38. The minimum atomic E-state index is -1.03. The molecule has 0 spiro atoms. The molecule has 1 unspecified atom stereocenters. The number of hydrogen-bond acceptors (Lipinski definition) is 6. The first-order chi connectivity index (χ1) is 12.9. The molecule has 0 aromatic heterocycles. The maximum absolute atomic E-state index is 11.8. The number of fused-ring (bicyclic) bond motifs is 1. The fraction of sp³-hybridized carbons (Fsp3) is 0.579. The van der Waals surface area contributed by atoms with E-state index in [1.807, 2.05) is 12.1 Å². The maximum Gasteiger partial charge on any atom is 0.409 e. The number of aliphatic hydroxyl groups is 1. The summed E-state index contributed by atoms with van der Waals surface area (Å²) < 4.78 is 10.3. The number of methoxy groups -OCH3 is 1. The summed E-state index contributed by atoms with van der Waals surface area (Å²) in [6, 6.07) is 8.11. The van der Waals surface area contributed by atoms with E-state index in [-0.39, 0.29) is 23.5 Å². The van der Waals surface area contributed by atoms with Crippen molar-refractivity contribution in [3.05, 3.63) is 29.8 Å². The van der Waals surface area contributed by atoms with Gasteiger partial charge in [0.2, 0.25) is 12.3 Å². The number of nitrogens with zero attached hydrogens (tertiary/aromatic N) is 2. The Morgan fingerprint density at radius 3 is 2.74 bits per heavy atom. The first-order valence-electron chi connectivity index (χ1n) is 9.21. The summed E-state index contributed by atoms with van der Waals surface area (Å²) in [4.78, 5) is 26.4. The molecule has 1 aromatic carbocycles. The Bertz CT molecular complexity index is 739. The van der Waals surface area contributed by atoms with Gasteiger partial charge in [-0.05, 0) is 30.0 Å². The zero-order chi connectivity index (χ0) is 19.2. The summed E-state index contributed by atoms with van der Waals surface area (Å²) in [5.41, 5.74) is 2.13. The molecule has 4 atom stereocenters. The van der Waals surface area contributed by atoms with Gasteiger partial charge < -0.3 is 29.7 Å². The van der Waals surface area contributed by atoms with Gasteiger partial charge in [0.15, 0.2) is 0 Å². The van der Waals surface area contributed by atoms with Crippen molar-refractivity contribution in [3.63, 3.8) is 0 Å². The quantitative estimate of drug-likeness (QED) is 0.803. The predicted octanol–water partition coefficient (Wildman–Crippen LogP) is 0.644. The normalized spacial score (nSPS) is 31.6. The Balaban J connectivity index is 1.42. The molecule has 2 aliphatic heterocycles. The smallest absolute Gasteiger partial charge is 0.409 e. The van der Waals surface area contributed by atoms with Crippen molar-refractivity contribution in [1.82, 2.24) is 10.2 Å². The van der Waals surface area contributed by atoms with Crippen molar-refractivity contribution in [1.29, 1.82) is 0 Å². The van der Waals surface area contributed by atoms with Crippen molar-refractivity contribution < 1.29 is 24.2 Å². The van der Waals surface area contributed by atoms with Crippen LogP contribution in [-0.2, 0) is 19.7 Å². The topological polar surface area (TPSA) is 91.3 Å². The first-order valence-corrected chi connectivity index (χ1v) is 9.21. The number of hydrogen-bond donors (Lipinski definition) is 2. The number of carbonyl (C=O) groups excluding carboxylic acids is 2. The lowest BCUT2D eigenvalue weighted by atomic mass is 9.95. The van der Waals surface area contributed by atoms with Crippen LogP contribution in [0.1, 0.15) is 18.9 Å². The van der Waals surface area contributed by atoms with E-state index in [1.54, 1.807) is 9.80 Å². The van der Waals surface area contributed by atoms with E-state index in [0.717, 1.165) is 18.7 Å². The fourth-order valence-electron chi connectivity index (χ4n) is 4.38. The minimum absolute atomic E-state index is 0.0424. The lowest BCUT2D eigenvalue weighted by molar-refractivity contribution is -0.121. The summed E-state index contributed by atoms with van der Waals surface area (Å²) in [7, 11) is 1.41. The Morgan fingerprint density at radius 2 is 2.07 bits per heavy atom. The van der Waals surface area contributed by atoms with Gasteiger partial charge in [-0.2, -0.15) is 0 Å². The Morgan fingerprint density at radius 1 is 1.33 bits per heavy atom. The molecule has 27 heavy (non-hydrogen) atoms. The second kappa shape index (κ2) is 6.69. The largest absolute Gasteiger partial charge is 0.453 e. The summed E-state index contributed by atoms with van der Waals surface area (Å²) in [6.45, 7) is 3.77. The highest BCUT2D eigenvalue weighted by Gasteiger charge is 2.61. The van der Waals surface area contributed by atoms with Gasteiger partial charge in [-0.25, -0.2) is 4.79 Å². The molecule has 1 aromatic rings. The molecule has 3 fully saturated rings. The van der Waals surface area contributed by atoms with E-state index in [9.17, 15) is 14.7 Å². The number of likely N-dealkylation sites (tertiary alicyclic amines) is 1. The molecule has 2 heterocycles. The Kier molecular flexibility index (Phi) is 4.47. The van der Waals surface area contributed by atoms with Gasteiger partial charge in [0.1, 0.15) is 0 Å². The van der Waals surface area contributed by atoms with Crippen LogP contribution in [-0.4, -0.2) is 67.8 Å². The van der Waals surface area contributed by atoms with Crippen LogP contribution in [0.25, 0.3) is 0 Å². The van der Waals surface area contributed by atoms with Gasteiger partial charge in [-0.1, -0.05) is 12.1 Å². The van der Waals surface area contributed by atoms with Crippen molar-refractivity contribution in [2.45, 2.75) is 31.3 Å². The number of piperidine rings is 1. The molecule has 3 aliphatic rings. The van der Waals surface area contributed by atoms with E-state index in [2.05, 4.69) is 17.4 Å². The number of benzene rings is 1. The van der Waals surface area contributed by atoms with Gasteiger partial charge in [0, 0.05) is 37.7 Å². The number of carbonyl (C=O) groups is 2. The molecule has 8 heteroatoms.